The first kappa shape index (κ1) is 17.5. The zero-order valence-corrected chi connectivity index (χ0v) is 16.0. The monoisotopic (exact) mass is 364 g/mol. The fourth-order valence-electron chi connectivity index (χ4n) is 3.26. The predicted octanol–water partition coefficient (Wildman–Crippen LogP) is 2.11. The smallest absolute Gasteiger partial charge is 0.259 e. The highest BCUT2D eigenvalue weighted by molar-refractivity contribution is 5.50. The van der Waals surface area contributed by atoms with Crippen LogP contribution in [0, 0.1) is 0 Å². The van der Waals surface area contributed by atoms with Crippen molar-refractivity contribution >= 4 is 17.3 Å². The van der Waals surface area contributed by atoms with Crippen molar-refractivity contribution in [3.05, 3.63) is 58.6 Å². The Bertz CT molecular complexity index is 997. The molecule has 0 bridgehead atoms. The van der Waals surface area contributed by atoms with Crippen molar-refractivity contribution in [2.24, 2.45) is 0 Å². The summed E-state index contributed by atoms with van der Waals surface area (Å²) in [5, 5.41) is 8.80. The van der Waals surface area contributed by atoms with Crippen LogP contribution in [0.1, 0.15) is 26.5 Å². The first-order valence-electron chi connectivity index (χ1n) is 9.24. The van der Waals surface area contributed by atoms with Gasteiger partial charge < -0.3 is 9.80 Å². The molecule has 0 saturated carbocycles. The fourth-order valence-corrected chi connectivity index (χ4v) is 3.26. The summed E-state index contributed by atoms with van der Waals surface area (Å²) in [5.74, 6) is 1.63. The molecule has 7 heteroatoms. The van der Waals surface area contributed by atoms with E-state index < -0.39 is 0 Å². The van der Waals surface area contributed by atoms with Gasteiger partial charge in [0.2, 0.25) is 0 Å². The summed E-state index contributed by atoms with van der Waals surface area (Å²) in [6, 6.07) is 11.3. The number of rotatable bonds is 2. The van der Waals surface area contributed by atoms with Crippen LogP contribution in [0.3, 0.4) is 0 Å². The van der Waals surface area contributed by atoms with Crippen LogP contribution in [-0.2, 0) is 5.41 Å². The molecule has 3 aromatic heterocycles. The van der Waals surface area contributed by atoms with Crippen molar-refractivity contribution in [2.75, 3.05) is 36.0 Å². The van der Waals surface area contributed by atoms with Crippen molar-refractivity contribution in [2.45, 2.75) is 26.2 Å². The van der Waals surface area contributed by atoms with Gasteiger partial charge in [-0.3, -0.25) is 9.20 Å². The van der Waals surface area contributed by atoms with Gasteiger partial charge in [-0.25, -0.2) is 4.98 Å². The van der Waals surface area contributed by atoms with E-state index in [9.17, 15) is 4.79 Å². The summed E-state index contributed by atoms with van der Waals surface area (Å²) >= 11 is 0. The van der Waals surface area contributed by atoms with Crippen molar-refractivity contribution in [3.63, 3.8) is 0 Å². The molecule has 0 radical (unpaired) electrons. The molecule has 27 heavy (non-hydrogen) atoms. The standard InChI is InChI=1S/C20H24N6O/c1-20(2,3)15-7-8-17(23-22-15)24-10-12-25(13-11-24)18-14-19(27)26-9-5-4-6-16(26)21-18/h4-9,14H,10-13H2,1-3H3. The van der Waals surface area contributed by atoms with Crippen LogP contribution in [-0.4, -0.2) is 45.8 Å². The average molecular weight is 364 g/mol. The topological polar surface area (TPSA) is 66.6 Å². The molecule has 0 aromatic carbocycles. The largest absolute Gasteiger partial charge is 0.353 e. The average Bonchev–Trinajstić information content (AvgIpc) is 2.67. The molecule has 0 N–H and O–H groups in total. The number of aromatic nitrogens is 4. The first-order chi connectivity index (χ1) is 12.9. The molecule has 4 rings (SSSR count). The summed E-state index contributed by atoms with van der Waals surface area (Å²) in [4.78, 5) is 21.3. The molecule has 7 nitrogen and oxygen atoms in total. The Kier molecular flexibility index (Phi) is 4.30. The van der Waals surface area contributed by atoms with Crippen molar-refractivity contribution < 1.29 is 0 Å². The van der Waals surface area contributed by atoms with Crippen LogP contribution in [0.25, 0.3) is 5.65 Å². The zero-order chi connectivity index (χ0) is 19.0. The lowest BCUT2D eigenvalue weighted by Gasteiger charge is -2.35. The van der Waals surface area contributed by atoms with E-state index >= 15 is 0 Å². The third-order valence-electron chi connectivity index (χ3n) is 4.90. The molecule has 140 valence electrons. The molecule has 0 spiro atoms. The summed E-state index contributed by atoms with van der Waals surface area (Å²) in [5.41, 5.74) is 1.61. The van der Waals surface area contributed by atoms with E-state index in [2.05, 4.69) is 51.8 Å². The number of hydrogen-bond donors (Lipinski definition) is 0. The summed E-state index contributed by atoms with van der Waals surface area (Å²) in [7, 11) is 0. The maximum absolute atomic E-state index is 12.3. The molecular weight excluding hydrogens is 340 g/mol. The zero-order valence-electron chi connectivity index (χ0n) is 16.0. The minimum atomic E-state index is -0.0540. The van der Waals surface area contributed by atoms with Crippen molar-refractivity contribution in [1.82, 2.24) is 19.6 Å². The highest BCUT2D eigenvalue weighted by Gasteiger charge is 2.21. The summed E-state index contributed by atoms with van der Waals surface area (Å²) in [6.45, 7) is 9.62. The second-order valence-electron chi connectivity index (χ2n) is 7.88. The molecule has 1 fully saturated rings. The number of fused-ring (bicyclic) bond motifs is 1. The Morgan fingerprint density at radius 2 is 1.59 bits per heavy atom. The number of hydrogen-bond acceptors (Lipinski definition) is 6. The highest BCUT2D eigenvalue weighted by Crippen LogP contribution is 2.22. The molecule has 1 aliphatic rings. The lowest BCUT2D eigenvalue weighted by atomic mass is 9.92. The van der Waals surface area contributed by atoms with E-state index in [0.29, 0.717) is 5.65 Å². The normalized spacial score (nSPS) is 15.4. The number of piperazine rings is 1. The van der Waals surface area contributed by atoms with Gasteiger partial charge in [0.25, 0.3) is 5.56 Å². The molecule has 0 atom stereocenters. The lowest BCUT2D eigenvalue weighted by Crippen LogP contribution is -2.47. The van der Waals surface area contributed by atoms with Gasteiger partial charge in [-0.15, -0.1) is 5.10 Å². The third-order valence-corrected chi connectivity index (χ3v) is 4.90. The van der Waals surface area contributed by atoms with Gasteiger partial charge in [0.05, 0.1) is 5.69 Å². The van der Waals surface area contributed by atoms with Gasteiger partial charge in [-0.1, -0.05) is 26.8 Å². The Morgan fingerprint density at radius 1 is 0.889 bits per heavy atom. The second kappa shape index (κ2) is 6.64. The van der Waals surface area contributed by atoms with Gasteiger partial charge in [-0.05, 0) is 24.3 Å². The van der Waals surface area contributed by atoms with E-state index in [1.807, 2.05) is 24.3 Å². The summed E-state index contributed by atoms with van der Waals surface area (Å²) in [6.07, 6.45) is 1.74. The number of anilines is 2. The SMILES string of the molecule is CC(C)(C)c1ccc(N2CCN(c3cc(=O)n4ccccc4n3)CC2)nn1. The molecule has 4 heterocycles. The van der Waals surface area contributed by atoms with Crippen molar-refractivity contribution in [1.29, 1.82) is 0 Å². The maximum atomic E-state index is 12.3. The third kappa shape index (κ3) is 3.49. The second-order valence-corrected chi connectivity index (χ2v) is 7.88. The van der Waals surface area contributed by atoms with Crippen LogP contribution >= 0.6 is 0 Å². The van der Waals surface area contributed by atoms with Crippen molar-refractivity contribution in [3.8, 4) is 0 Å². The Balaban J connectivity index is 1.48. The van der Waals surface area contributed by atoms with Crippen LogP contribution in [0.5, 0.6) is 0 Å². The molecule has 0 unspecified atom stereocenters. The highest BCUT2D eigenvalue weighted by atomic mass is 16.1. The number of pyridine rings is 1. The lowest BCUT2D eigenvalue weighted by molar-refractivity contribution is 0.556. The molecular formula is C20H24N6O. The van der Waals surface area contributed by atoms with Gasteiger partial charge in [0.15, 0.2) is 5.82 Å². The van der Waals surface area contributed by atoms with Gasteiger partial charge in [-0.2, -0.15) is 5.10 Å². The summed E-state index contributed by atoms with van der Waals surface area (Å²) < 4.78 is 1.56. The van der Waals surface area contributed by atoms with Crippen LogP contribution in [0.15, 0.2) is 47.4 Å². The van der Waals surface area contributed by atoms with E-state index in [1.165, 1.54) is 0 Å². The fraction of sp³-hybridized carbons (Fsp3) is 0.400. The minimum absolute atomic E-state index is 0.0000291. The van der Waals surface area contributed by atoms with Gasteiger partial charge in [0, 0.05) is 43.9 Å². The molecule has 0 aliphatic carbocycles. The van der Waals surface area contributed by atoms with Crippen LogP contribution in [0.2, 0.25) is 0 Å². The predicted molar refractivity (Wildman–Crippen MR) is 107 cm³/mol. The maximum Gasteiger partial charge on any atom is 0.259 e. The minimum Gasteiger partial charge on any atom is -0.353 e. The molecule has 0 amide bonds. The van der Waals surface area contributed by atoms with E-state index in [1.54, 1.807) is 16.7 Å². The van der Waals surface area contributed by atoms with Crippen LogP contribution < -0.4 is 15.4 Å². The van der Waals surface area contributed by atoms with Gasteiger partial charge in [0.1, 0.15) is 11.5 Å². The quantitative estimate of drug-likeness (QED) is 0.694. The first-order valence-corrected chi connectivity index (χ1v) is 9.24. The molecule has 1 saturated heterocycles. The Labute approximate surface area is 158 Å². The molecule has 1 aliphatic heterocycles. The number of nitrogens with zero attached hydrogens (tertiary/aromatic N) is 6. The Morgan fingerprint density at radius 3 is 2.22 bits per heavy atom. The van der Waals surface area contributed by atoms with E-state index in [4.69, 9.17) is 0 Å². The van der Waals surface area contributed by atoms with E-state index in [0.717, 1.165) is 43.5 Å². The van der Waals surface area contributed by atoms with E-state index in [-0.39, 0.29) is 11.0 Å². The molecule has 3 aromatic rings. The van der Waals surface area contributed by atoms with Crippen LogP contribution in [0.4, 0.5) is 11.6 Å². The van der Waals surface area contributed by atoms with Gasteiger partial charge >= 0.3 is 0 Å². The Hall–Kier alpha value is -2.96.